The van der Waals surface area contributed by atoms with Crippen LogP contribution in [0.25, 0.3) is 0 Å². The van der Waals surface area contributed by atoms with Crippen LogP contribution in [0.1, 0.15) is 39.0 Å². The van der Waals surface area contributed by atoms with E-state index in [1.165, 1.54) is 0 Å². The van der Waals surface area contributed by atoms with Crippen molar-refractivity contribution in [3.63, 3.8) is 0 Å². The summed E-state index contributed by atoms with van der Waals surface area (Å²) in [6, 6.07) is -1.45. The summed E-state index contributed by atoms with van der Waals surface area (Å²) in [6.07, 6.45) is 3.02. The van der Waals surface area contributed by atoms with E-state index in [-0.39, 0.29) is 18.9 Å². The minimum Gasteiger partial charge on any atom is -0.480 e. The standard InChI is InChI=1S/C13H23N3O4/c1-2-7-16(8-9-3-4-9)13(20)15-10(12(18)19)5-6-11(14)17/h9-10H,2-8H2,1H3,(H2,14,17)(H,15,20)(H,18,19)/t10-/m1/s1. The van der Waals surface area contributed by atoms with Crippen LogP contribution in [0.2, 0.25) is 0 Å². The van der Waals surface area contributed by atoms with Crippen LogP contribution >= 0.6 is 0 Å². The lowest BCUT2D eigenvalue weighted by Crippen LogP contribution is -2.49. The fourth-order valence-corrected chi connectivity index (χ4v) is 1.94. The van der Waals surface area contributed by atoms with Crippen LogP contribution in [-0.4, -0.2) is 47.0 Å². The highest BCUT2D eigenvalue weighted by Gasteiger charge is 2.28. The summed E-state index contributed by atoms with van der Waals surface area (Å²) in [4.78, 5) is 35.5. The Balaban J connectivity index is 2.52. The Bertz CT molecular complexity index is 369. The number of rotatable bonds is 9. The molecule has 20 heavy (non-hydrogen) atoms. The number of carbonyl (C=O) groups is 3. The quantitative estimate of drug-likeness (QED) is 0.573. The van der Waals surface area contributed by atoms with E-state index in [9.17, 15) is 14.4 Å². The molecule has 0 aromatic heterocycles. The maximum Gasteiger partial charge on any atom is 0.326 e. The Morgan fingerprint density at radius 3 is 2.50 bits per heavy atom. The summed E-state index contributed by atoms with van der Waals surface area (Å²) in [5, 5.41) is 11.5. The number of carboxylic acid groups (broad SMARTS) is 1. The van der Waals surface area contributed by atoms with Crippen LogP contribution in [-0.2, 0) is 9.59 Å². The van der Waals surface area contributed by atoms with Gasteiger partial charge in [-0.2, -0.15) is 0 Å². The fraction of sp³-hybridized carbons (Fsp3) is 0.769. The van der Waals surface area contributed by atoms with E-state index in [1.807, 2.05) is 6.92 Å². The molecule has 0 saturated heterocycles. The molecule has 0 spiro atoms. The van der Waals surface area contributed by atoms with Gasteiger partial charge in [-0.3, -0.25) is 4.79 Å². The SMILES string of the molecule is CCCN(CC1CC1)C(=O)N[C@H](CCC(N)=O)C(=O)O. The summed E-state index contributed by atoms with van der Waals surface area (Å²) in [5.74, 6) is -1.18. The number of primary amides is 1. The first kappa shape index (κ1) is 16.3. The molecule has 1 atom stereocenters. The molecule has 7 nitrogen and oxygen atoms in total. The number of aliphatic carboxylic acids is 1. The molecule has 1 aliphatic rings. The summed E-state index contributed by atoms with van der Waals surface area (Å²) in [7, 11) is 0. The molecule has 0 aromatic carbocycles. The van der Waals surface area contributed by atoms with Crippen molar-refractivity contribution in [2.45, 2.75) is 45.1 Å². The van der Waals surface area contributed by atoms with Crippen molar-refractivity contribution in [3.8, 4) is 0 Å². The first-order chi connectivity index (χ1) is 9.43. The van der Waals surface area contributed by atoms with Gasteiger partial charge in [0, 0.05) is 19.5 Å². The molecule has 0 unspecified atom stereocenters. The minimum absolute atomic E-state index is 0.0137. The fourth-order valence-electron chi connectivity index (χ4n) is 1.94. The first-order valence-corrected chi connectivity index (χ1v) is 7.00. The zero-order valence-corrected chi connectivity index (χ0v) is 11.8. The molecule has 1 aliphatic carbocycles. The third kappa shape index (κ3) is 5.90. The Kier molecular flexibility index (Phi) is 6.27. The van der Waals surface area contributed by atoms with E-state index in [1.54, 1.807) is 4.90 Å². The second-order valence-electron chi connectivity index (χ2n) is 5.23. The van der Waals surface area contributed by atoms with Crippen molar-refractivity contribution >= 4 is 17.9 Å². The first-order valence-electron chi connectivity index (χ1n) is 7.00. The second-order valence-corrected chi connectivity index (χ2v) is 5.23. The van der Waals surface area contributed by atoms with Crippen LogP contribution in [0, 0.1) is 5.92 Å². The largest absolute Gasteiger partial charge is 0.480 e. The number of nitrogens with zero attached hydrogens (tertiary/aromatic N) is 1. The van der Waals surface area contributed by atoms with Crippen LogP contribution in [0.4, 0.5) is 4.79 Å². The molecule has 1 rings (SSSR count). The third-order valence-electron chi connectivity index (χ3n) is 3.23. The zero-order chi connectivity index (χ0) is 15.1. The number of carboxylic acids is 1. The van der Waals surface area contributed by atoms with Gasteiger partial charge in [-0.25, -0.2) is 9.59 Å². The normalized spacial score (nSPS) is 15.4. The van der Waals surface area contributed by atoms with Gasteiger partial charge in [0.2, 0.25) is 5.91 Å². The van der Waals surface area contributed by atoms with Gasteiger partial charge in [0.15, 0.2) is 0 Å². The molecular formula is C13H23N3O4. The Labute approximate surface area is 118 Å². The molecule has 0 radical (unpaired) electrons. The highest BCUT2D eigenvalue weighted by molar-refractivity contribution is 5.83. The molecule has 4 N–H and O–H groups in total. The van der Waals surface area contributed by atoms with E-state index in [0.29, 0.717) is 19.0 Å². The smallest absolute Gasteiger partial charge is 0.326 e. The second kappa shape index (κ2) is 7.72. The molecule has 1 saturated carbocycles. The number of carbonyl (C=O) groups excluding carboxylic acids is 2. The molecular weight excluding hydrogens is 262 g/mol. The number of nitrogens with one attached hydrogen (secondary N) is 1. The molecule has 0 aliphatic heterocycles. The number of amides is 3. The summed E-state index contributed by atoms with van der Waals surface area (Å²) in [5.41, 5.74) is 5.00. The van der Waals surface area contributed by atoms with Crippen LogP contribution in [0.3, 0.4) is 0 Å². The average Bonchev–Trinajstić information content (AvgIpc) is 3.17. The predicted octanol–water partition coefficient (Wildman–Crippen LogP) is 0.537. The number of nitrogens with two attached hydrogens (primary N) is 1. The topological polar surface area (TPSA) is 113 Å². The van der Waals surface area contributed by atoms with Gasteiger partial charge in [-0.1, -0.05) is 6.92 Å². The lowest BCUT2D eigenvalue weighted by atomic mass is 10.1. The molecule has 0 aromatic rings. The van der Waals surface area contributed by atoms with Gasteiger partial charge < -0.3 is 21.1 Å². The van der Waals surface area contributed by atoms with Crippen molar-refractivity contribution in [3.05, 3.63) is 0 Å². The summed E-state index contributed by atoms with van der Waals surface area (Å²) >= 11 is 0. The lowest BCUT2D eigenvalue weighted by molar-refractivity contribution is -0.139. The van der Waals surface area contributed by atoms with E-state index in [4.69, 9.17) is 10.8 Å². The van der Waals surface area contributed by atoms with E-state index < -0.39 is 17.9 Å². The number of hydrogen-bond acceptors (Lipinski definition) is 3. The molecule has 114 valence electrons. The maximum absolute atomic E-state index is 12.1. The highest BCUT2D eigenvalue weighted by Crippen LogP contribution is 2.29. The minimum atomic E-state index is -1.15. The third-order valence-corrected chi connectivity index (χ3v) is 3.23. The van der Waals surface area contributed by atoms with Crippen molar-refractivity contribution in [2.75, 3.05) is 13.1 Å². The summed E-state index contributed by atoms with van der Waals surface area (Å²) in [6.45, 7) is 3.24. The Morgan fingerprint density at radius 1 is 1.40 bits per heavy atom. The zero-order valence-electron chi connectivity index (χ0n) is 11.8. The average molecular weight is 285 g/mol. The molecule has 7 heteroatoms. The van der Waals surface area contributed by atoms with Crippen molar-refractivity contribution in [1.29, 1.82) is 0 Å². The van der Waals surface area contributed by atoms with Gasteiger partial charge in [0.05, 0.1) is 0 Å². The molecule has 0 heterocycles. The Morgan fingerprint density at radius 2 is 2.05 bits per heavy atom. The molecule has 1 fully saturated rings. The van der Waals surface area contributed by atoms with Gasteiger partial charge in [0.25, 0.3) is 0 Å². The van der Waals surface area contributed by atoms with Gasteiger partial charge in [-0.15, -0.1) is 0 Å². The Hall–Kier alpha value is -1.79. The lowest BCUT2D eigenvalue weighted by Gasteiger charge is -2.24. The van der Waals surface area contributed by atoms with Crippen LogP contribution < -0.4 is 11.1 Å². The highest BCUT2D eigenvalue weighted by atomic mass is 16.4. The van der Waals surface area contributed by atoms with Gasteiger partial charge in [0.1, 0.15) is 6.04 Å². The van der Waals surface area contributed by atoms with Crippen molar-refractivity contribution in [1.82, 2.24) is 10.2 Å². The molecule has 0 bridgehead atoms. The predicted molar refractivity (Wildman–Crippen MR) is 73.0 cm³/mol. The number of hydrogen-bond donors (Lipinski definition) is 3. The summed E-state index contributed by atoms with van der Waals surface area (Å²) < 4.78 is 0. The van der Waals surface area contributed by atoms with Crippen LogP contribution in [0.5, 0.6) is 0 Å². The van der Waals surface area contributed by atoms with E-state index >= 15 is 0 Å². The van der Waals surface area contributed by atoms with Gasteiger partial charge >= 0.3 is 12.0 Å². The van der Waals surface area contributed by atoms with Gasteiger partial charge in [-0.05, 0) is 31.6 Å². The van der Waals surface area contributed by atoms with Crippen molar-refractivity contribution in [2.24, 2.45) is 11.7 Å². The number of urea groups is 1. The monoisotopic (exact) mass is 285 g/mol. The van der Waals surface area contributed by atoms with Crippen molar-refractivity contribution < 1.29 is 19.5 Å². The molecule has 3 amide bonds. The van der Waals surface area contributed by atoms with E-state index in [2.05, 4.69) is 5.32 Å². The van der Waals surface area contributed by atoms with Crippen LogP contribution in [0.15, 0.2) is 0 Å². The van der Waals surface area contributed by atoms with E-state index in [0.717, 1.165) is 19.3 Å². The maximum atomic E-state index is 12.1.